The molecule has 0 fully saturated rings. The maximum absolute atomic E-state index is 13.4. The van der Waals surface area contributed by atoms with Crippen LogP contribution in [0.1, 0.15) is 18.6 Å². The summed E-state index contributed by atoms with van der Waals surface area (Å²) in [5.41, 5.74) is 0.00184. The zero-order chi connectivity index (χ0) is 14.7. The van der Waals surface area contributed by atoms with Gasteiger partial charge in [0.05, 0.1) is 11.0 Å². The Morgan fingerprint density at radius 3 is 2.65 bits per heavy atom. The summed E-state index contributed by atoms with van der Waals surface area (Å²) in [4.78, 5) is 13.6. The molecule has 2 rings (SSSR count). The van der Waals surface area contributed by atoms with Crippen molar-refractivity contribution in [2.75, 3.05) is 0 Å². The number of ether oxygens (including phenoxy) is 1. The number of aliphatic hydroxyl groups excluding tert-OH is 1. The minimum atomic E-state index is -0.979. The highest BCUT2D eigenvalue weighted by Crippen LogP contribution is 2.26. The molecule has 2 aromatic rings. The van der Waals surface area contributed by atoms with Crippen molar-refractivity contribution < 1.29 is 19.2 Å². The van der Waals surface area contributed by atoms with Crippen LogP contribution in [0.5, 0.6) is 11.6 Å². The third-order valence-corrected chi connectivity index (χ3v) is 2.58. The van der Waals surface area contributed by atoms with Crippen LogP contribution in [-0.2, 0) is 0 Å². The lowest BCUT2D eigenvalue weighted by molar-refractivity contribution is -0.387. The number of hydrogen-bond acceptors (Lipinski definition) is 5. The van der Waals surface area contributed by atoms with Gasteiger partial charge in [-0.3, -0.25) is 10.1 Å². The molecule has 0 bridgehead atoms. The zero-order valence-electron chi connectivity index (χ0n) is 10.5. The SMILES string of the molecule is C[C@H](O)c1ccc(Oc2ccc([N+](=O)[O-])c(F)c2)nc1. The summed E-state index contributed by atoms with van der Waals surface area (Å²) in [5.74, 6) is -0.679. The van der Waals surface area contributed by atoms with Gasteiger partial charge < -0.3 is 9.84 Å². The highest BCUT2D eigenvalue weighted by molar-refractivity contribution is 5.39. The molecule has 20 heavy (non-hydrogen) atoms. The van der Waals surface area contributed by atoms with Gasteiger partial charge in [-0.25, -0.2) is 4.98 Å². The average Bonchev–Trinajstić information content (AvgIpc) is 2.39. The maximum Gasteiger partial charge on any atom is 0.305 e. The topological polar surface area (TPSA) is 85.5 Å². The summed E-state index contributed by atoms with van der Waals surface area (Å²) in [7, 11) is 0. The molecule has 0 aliphatic rings. The summed E-state index contributed by atoms with van der Waals surface area (Å²) >= 11 is 0. The lowest BCUT2D eigenvalue weighted by Crippen LogP contribution is -1.95. The van der Waals surface area contributed by atoms with Crippen molar-refractivity contribution in [1.82, 2.24) is 4.98 Å². The predicted octanol–water partition coefficient (Wildman–Crippen LogP) is 2.97. The van der Waals surface area contributed by atoms with E-state index in [1.165, 1.54) is 18.3 Å². The summed E-state index contributed by atoms with van der Waals surface area (Å²) in [6.07, 6.45) is 0.787. The van der Waals surface area contributed by atoms with E-state index < -0.39 is 22.5 Å². The van der Waals surface area contributed by atoms with E-state index in [2.05, 4.69) is 4.98 Å². The normalized spacial score (nSPS) is 11.9. The average molecular weight is 278 g/mol. The highest BCUT2D eigenvalue weighted by Gasteiger charge is 2.14. The van der Waals surface area contributed by atoms with Crippen LogP contribution in [0.2, 0.25) is 0 Å². The molecule has 0 aliphatic heterocycles. The molecule has 1 aromatic carbocycles. The van der Waals surface area contributed by atoms with Crippen molar-refractivity contribution >= 4 is 5.69 Å². The monoisotopic (exact) mass is 278 g/mol. The largest absolute Gasteiger partial charge is 0.439 e. The first kappa shape index (κ1) is 13.9. The number of nitro benzene ring substituents is 1. The van der Waals surface area contributed by atoms with Crippen LogP contribution < -0.4 is 4.74 Å². The van der Waals surface area contributed by atoms with Gasteiger partial charge in [0, 0.05) is 24.4 Å². The van der Waals surface area contributed by atoms with E-state index in [9.17, 15) is 19.6 Å². The minimum Gasteiger partial charge on any atom is -0.439 e. The zero-order valence-corrected chi connectivity index (χ0v) is 10.5. The van der Waals surface area contributed by atoms with Crippen LogP contribution in [0.4, 0.5) is 10.1 Å². The molecule has 7 heteroatoms. The van der Waals surface area contributed by atoms with E-state index in [4.69, 9.17) is 4.74 Å². The third-order valence-electron chi connectivity index (χ3n) is 2.58. The Hall–Kier alpha value is -2.54. The number of aliphatic hydroxyl groups is 1. The van der Waals surface area contributed by atoms with Crippen molar-refractivity contribution in [3.05, 3.63) is 58.0 Å². The molecule has 0 unspecified atom stereocenters. The van der Waals surface area contributed by atoms with E-state index in [-0.39, 0.29) is 11.6 Å². The van der Waals surface area contributed by atoms with Crippen LogP contribution in [0.3, 0.4) is 0 Å². The Bertz CT molecular complexity index is 629. The molecule has 1 aromatic heterocycles. The van der Waals surface area contributed by atoms with Crippen molar-refractivity contribution in [2.24, 2.45) is 0 Å². The van der Waals surface area contributed by atoms with Crippen LogP contribution in [-0.4, -0.2) is 15.0 Å². The van der Waals surface area contributed by atoms with E-state index in [1.54, 1.807) is 13.0 Å². The first-order valence-corrected chi connectivity index (χ1v) is 5.73. The standard InChI is InChI=1S/C13H11FN2O4/c1-8(17)9-2-5-13(15-7-9)20-10-3-4-12(16(18)19)11(14)6-10/h2-8,17H,1H3/t8-/m0/s1. The molecule has 1 N–H and O–H groups in total. The van der Waals surface area contributed by atoms with Crippen molar-refractivity contribution in [2.45, 2.75) is 13.0 Å². The molecule has 0 aliphatic carbocycles. The Kier molecular flexibility index (Phi) is 3.90. The first-order valence-electron chi connectivity index (χ1n) is 5.73. The number of nitrogens with zero attached hydrogens (tertiary/aromatic N) is 2. The van der Waals surface area contributed by atoms with Crippen LogP contribution in [0, 0.1) is 15.9 Å². The van der Waals surface area contributed by atoms with Gasteiger partial charge in [0.1, 0.15) is 5.75 Å². The van der Waals surface area contributed by atoms with E-state index >= 15 is 0 Å². The number of benzene rings is 1. The van der Waals surface area contributed by atoms with E-state index in [0.717, 1.165) is 12.1 Å². The first-order chi connectivity index (χ1) is 9.47. The lowest BCUT2D eigenvalue weighted by atomic mass is 10.2. The predicted molar refractivity (Wildman–Crippen MR) is 68.0 cm³/mol. The fourth-order valence-corrected chi connectivity index (χ4v) is 1.52. The molecule has 0 saturated heterocycles. The van der Waals surface area contributed by atoms with E-state index in [0.29, 0.717) is 5.56 Å². The van der Waals surface area contributed by atoms with Crippen molar-refractivity contribution in [3.8, 4) is 11.6 Å². The summed E-state index contributed by atoms with van der Waals surface area (Å²) in [6, 6.07) is 6.36. The van der Waals surface area contributed by atoms with Crippen molar-refractivity contribution in [3.63, 3.8) is 0 Å². The highest BCUT2D eigenvalue weighted by atomic mass is 19.1. The van der Waals surface area contributed by atoms with Gasteiger partial charge in [-0.1, -0.05) is 0 Å². The molecule has 0 spiro atoms. The molecule has 104 valence electrons. The molecular formula is C13H11FN2O4. The second kappa shape index (κ2) is 5.62. The van der Waals surface area contributed by atoms with Gasteiger partial charge in [0.2, 0.25) is 11.7 Å². The molecule has 0 amide bonds. The quantitative estimate of drug-likeness (QED) is 0.686. The van der Waals surface area contributed by atoms with Gasteiger partial charge in [-0.05, 0) is 24.6 Å². The van der Waals surface area contributed by atoms with E-state index in [1.807, 2.05) is 0 Å². The smallest absolute Gasteiger partial charge is 0.305 e. The number of hydrogen-bond donors (Lipinski definition) is 1. The second-order valence-corrected chi connectivity index (χ2v) is 4.08. The van der Waals surface area contributed by atoms with Crippen molar-refractivity contribution in [1.29, 1.82) is 0 Å². The van der Waals surface area contributed by atoms with Crippen LogP contribution in [0.25, 0.3) is 0 Å². The molecule has 1 heterocycles. The number of pyridine rings is 1. The Morgan fingerprint density at radius 1 is 1.40 bits per heavy atom. The molecule has 0 radical (unpaired) electrons. The minimum absolute atomic E-state index is 0.102. The molecular weight excluding hydrogens is 267 g/mol. The molecule has 0 saturated carbocycles. The van der Waals surface area contributed by atoms with Gasteiger partial charge in [-0.15, -0.1) is 0 Å². The Balaban J connectivity index is 2.17. The number of nitro groups is 1. The third kappa shape index (κ3) is 3.07. The van der Waals surface area contributed by atoms with Gasteiger partial charge in [-0.2, -0.15) is 4.39 Å². The van der Waals surface area contributed by atoms with Gasteiger partial charge in [0.25, 0.3) is 0 Å². The van der Waals surface area contributed by atoms with Crippen LogP contribution in [0.15, 0.2) is 36.5 Å². The number of aromatic nitrogens is 1. The summed E-state index contributed by atoms with van der Waals surface area (Å²) < 4.78 is 18.7. The fourth-order valence-electron chi connectivity index (χ4n) is 1.52. The Labute approximate surface area is 113 Å². The fraction of sp³-hybridized carbons (Fsp3) is 0.154. The number of halogens is 1. The Morgan fingerprint density at radius 2 is 2.15 bits per heavy atom. The summed E-state index contributed by atoms with van der Waals surface area (Å²) in [5, 5.41) is 19.8. The van der Waals surface area contributed by atoms with Gasteiger partial charge >= 0.3 is 5.69 Å². The molecule has 1 atom stereocenters. The number of rotatable bonds is 4. The summed E-state index contributed by atoms with van der Waals surface area (Å²) in [6.45, 7) is 1.60. The second-order valence-electron chi connectivity index (χ2n) is 4.08. The van der Waals surface area contributed by atoms with Crippen LogP contribution >= 0.6 is 0 Å². The lowest BCUT2D eigenvalue weighted by Gasteiger charge is -2.07. The van der Waals surface area contributed by atoms with Gasteiger partial charge in [0.15, 0.2) is 0 Å². The molecule has 6 nitrogen and oxygen atoms in total. The maximum atomic E-state index is 13.4.